The second kappa shape index (κ2) is 5.36. The van der Waals surface area contributed by atoms with E-state index in [2.05, 4.69) is 31.9 Å². The zero-order chi connectivity index (χ0) is 12.6. The van der Waals surface area contributed by atoms with E-state index < -0.39 is 0 Å². The number of nitrogens with two attached hydrogens (primary N) is 1. The molecule has 0 aliphatic rings. The second-order valence-electron chi connectivity index (χ2n) is 3.41. The number of halogens is 4. The molecule has 0 amide bonds. The van der Waals surface area contributed by atoms with Gasteiger partial charge in [0.25, 0.3) is 0 Å². The van der Waals surface area contributed by atoms with Gasteiger partial charge in [0.2, 0.25) is 0 Å². The van der Waals surface area contributed by atoms with Gasteiger partial charge >= 0.3 is 0 Å². The zero-order valence-electron chi connectivity index (χ0n) is 8.38. The molecule has 0 bridgehead atoms. The molecule has 1 atom stereocenters. The van der Waals surface area contributed by atoms with Gasteiger partial charge < -0.3 is 5.73 Å². The highest BCUT2D eigenvalue weighted by atomic mass is 79.9. The molecule has 1 aromatic heterocycles. The van der Waals surface area contributed by atoms with Crippen LogP contribution in [0.15, 0.2) is 32.5 Å². The third kappa shape index (κ3) is 2.90. The monoisotopic (exact) mass is 397 g/mol. The molecular formula is C11H7Br2ClFNS. The fourth-order valence-corrected chi connectivity index (χ4v) is 3.79. The van der Waals surface area contributed by atoms with E-state index in [0.29, 0.717) is 9.50 Å². The molecule has 0 aliphatic heterocycles. The zero-order valence-corrected chi connectivity index (χ0v) is 13.1. The fourth-order valence-electron chi connectivity index (χ4n) is 1.42. The van der Waals surface area contributed by atoms with Gasteiger partial charge in [-0.25, -0.2) is 4.39 Å². The van der Waals surface area contributed by atoms with E-state index in [1.54, 1.807) is 6.07 Å². The van der Waals surface area contributed by atoms with E-state index in [0.717, 1.165) is 14.2 Å². The molecule has 2 rings (SSSR count). The first-order valence-corrected chi connectivity index (χ1v) is 7.42. The summed E-state index contributed by atoms with van der Waals surface area (Å²) < 4.78 is 14.5. The van der Waals surface area contributed by atoms with Crippen LogP contribution in [0.5, 0.6) is 0 Å². The van der Waals surface area contributed by atoms with Crippen LogP contribution in [0, 0.1) is 5.82 Å². The molecule has 0 fully saturated rings. The minimum Gasteiger partial charge on any atom is -0.320 e. The lowest BCUT2D eigenvalue weighted by atomic mass is 10.1. The SMILES string of the molecule is NC(c1cc(Cl)c(Br)s1)c1ccc(F)cc1Br. The first kappa shape index (κ1) is 13.5. The summed E-state index contributed by atoms with van der Waals surface area (Å²) in [5.74, 6) is -0.293. The predicted octanol–water partition coefficient (Wildman–Crippen LogP) is 5.11. The average Bonchev–Trinajstić information content (AvgIpc) is 2.58. The Morgan fingerprint density at radius 2 is 2.00 bits per heavy atom. The van der Waals surface area contributed by atoms with Crippen molar-refractivity contribution >= 4 is 54.8 Å². The van der Waals surface area contributed by atoms with Crippen molar-refractivity contribution in [2.75, 3.05) is 0 Å². The van der Waals surface area contributed by atoms with Crippen molar-refractivity contribution in [3.05, 3.63) is 53.8 Å². The molecule has 17 heavy (non-hydrogen) atoms. The van der Waals surface area contributed by atoms with E-state index in [1.807, 2.05) is 6.07 Å². The number of rotatable bonds is 2. The van der Waals surface area contributed by atoms with Gasteiger partial charge in [0.15, 0.2) is 0 Å². The number of hydrogen-bond donors (Lipinski definition) is 1. The first-order valence-electron chi connectivity index (χ1n) is 4.64. The summed E-state index contributed by atoms with van der Waals surface area (Å²) in [4.78, 5) is 0.925. The van der Waals surface area contributed by atoms with Crippen molar-refractivity contribution in [2.45, 2.75) is 6.04 Å². The molecule has 1 aromatic carbocycles. The molecule has 1 unspecified atom stereocenters. The van der Waals surface area contributed by atoms with E-state index in [9.17, 15) is 4.39 Å². The highest BCUT2D eigenvalue weighted by Crippen LogP contribution is 2.38. The third-order valence-electron chi connectivity index (χ3n) is 2.27. The van der Waals surface area contributed by atoms with Crippen LogP contribution in [0.4, 0.5) is 4.39 Å². The van der Waals surface area contributed by atoms with Crippen LogP contribution in [0.25, 0.3) is 0 Å². The standard InChI is InChI=1S/C11H7Br2ClFNS/c12-7-3-5(15)1-2-6(7)10(16)9-4-8(14)11(13)17-9/h1-4,10H,16H2. The minimum atomic E-state index is -0.321. The van der Waals surface area contributed by atoms with Crippen molar-refractivity contribution in [3.63, 3.8) is 0 Å². The van der Waals surface area contributed by atoms with Crippen LogP contribution < -0.4 is 5.73 Å². The maximum atomic E-state index is 13.0. The van der Waals surface area contributed by atoms with Crippen LogP contribution in [0.1, 0.15) is 16.5 Å². The predicted molar refractivity (Wildman–Crippen MR) is 77.2 cm³/mol. The Kier molecular flexibility index (Phi) is 4.26. The highest BCUT2D eigenvalue weighted by molar-refractivity contribution is 9.11. The Labute approximate surface area is 124 Å². The van der Waals surface area contributed by atoms with Crippen LogP contribution in [-0.2, 0) is 0 Å². The van der Waals surface area contributed by atoms with Crippen molar-refractivity contribution in [2.24, 2.45) is 5.73 Å². The number of thiophene rings is 1. The maximum Gasteiger partial charge on any atom is 0.124 e. The van der Waals surface area contributed by atoms with Crippen molar-refractivity contribution in [1.82, 2.24) is 0 Å². The van der Waals surface area contributed by atoms with Gasteiger partial charge in [-0.3, -0.25) is 0 Å². The van der Waals surface area contributed by atoms with E-state index in [1.165, 1.54) is 23.5 Å². The summed E-state index contributed by atoms with van der Waals surface area (Å²) in [7, 11) is 0. The average molecular weight is 400 g/mol. The van der Waals surface area contributed by atoms with Crippen LogP contribution in [0.3, 0.4) is 0 Å². The highest BCUT2D eigenvalue weighted by Gasteiger charge is 2.16. The molecule has 2 aromatic rings. The van der Waals surface area contributed by atoms with Crippen molar-refractivity contribution in [3.8, 4) is 0 Å². The van der Waals surface area contributed by atoms with Crippen LogP contribution in [-0.4, -0.2) is 0 Å². The lowest BCUT2D eigenvalue weighted by Crippen LogP contribution is -2.10. The van der Waals surface area contributed by atoms with E-state index in [-0.39, 0.29) is 11.9 Å². The molecule has 1 heterocycles. The fraction of sp³-hybridized carbons (Fsp3) is 0.0909. The minimum absolute atomic E-state index is 0.293. The normalized spacial score (nSPS) is 12.8. The molecule has 0 spiro atoms. The molecule has 0 aliphatic carbocycles. The van der Waals surface area contributed by atoms with Crippen LogP contribution in [0.2, 0.25) is 5.02 Å². The van der Waals surface area contributed by atoms with Gasteiger partial charge in [-0.1, -0.05) is 33.6 Å². The van der Waals surface area contributed by atoms with Gasteiger partial charge in [-0.05, 0) is 39.7 Å². The summed E-state index contributed by atoms with van der Waals surface area (Å²) >= 11 is 14.1. The summed E-state index contributed by atoms with van der Waals surface area (Å²) in [6, 6.07) is 5.96. The lowest BCUT2D eigenvalue weighted by Gasteiger charge is -2.11. The molecule has 0 saturated carbocycles. The molecular weight excluding hydrogens is 392 g/mol. The Balaban J connectivity index is 2.39. The molecule has 0 radical (unpaired) electrons. The van der Waals surface area contributed by atoms with Gasteiger partial charge in [0.1, 0.15) is 5.82 Å². The molecule has 6 heteroatoms. The third-order valence-corrected chi connectivity index (χ3v) is 5.51. The second-order valence-corrected chi connectivity index (χ2v) is 7.08. The first-order chi connectivity index (χ1) is 7.99. The van der Waals surface area contributed by atoms with Crippen LogP contribution >= 0.6 is 54.8 Å². The largest absolute Gasteiger partial charge is 0.320 e. The number of hydrogen-bond acceptors (Lipinski definition) is 2. The summed E-state index contributed by atoms with van der Waals surface area (Å²) in [5.41, 5.74) is 6.96. The topological polar surface area (TPSA) is 26.0 Å². The number of benzene rings is 1. The summed E-state index contributed by atoms with van der Waals surface area (Å²) in [6.07, 6.45) is 0. The molecule has 0 saturated heterocycles. The Morgan fingerprint density at radius 3 is 2.53 bits per heavy atom. The lowest BCUT2D eigenvalue weighted by molar-refractivity contribution is 0.625. The Hall–Kier alpha value is 0.0600. The smallest absolute Gasteiger partial charge is 0.124 e. The molecule has 2 N–H and O–H groups in total. The van der Waals surface area contributed by atoms with E-state index in [4.69, 9.17) is 17.3 Å². The molecule has 1 nitrogen and oxygen atoms in total. The summed E-state index contributed by atoms with van der Waals surface area (Å²) in [5, 5.41) is 0.638. The van der Waals surface area contributed by atoms with E-state index >= 15 is 0 Å². The van der Waals surface area contributed by atoms with Gasteiger partial charge in [0, 0.05) is 9.35 Å². The van der Waals surface area contributed by atoms with Gasteiger partial charge in [-0.15, -0.1) is 11.3 Å². The van der Waals surface area contributed by atoms with Gasteiger partial charge in [-0.2, -0.15) is 0 Å². The Bertz CT molecular complexity index is 539. The maximum absolute atomic E-state index is 13.0. The molecule has 90 valence electrons. The quantitative estimate of drug-likeness (QED) is 0.746. The van der Waals surface area contributed by atoms with Crippen molar-refractivity contribution < 1.29 is 4.39 Å². The van der Waals surface area contributed by atoms with Crippen molar-refractivity contribution in [1.29, 1.82) is 0 Å². The Morgan fingerprint density at radius 1 is 1.29 bits per heavy atom. The summed E-state index contributed by atoms with van der Waals surface area (Å²) in [6.45, 7) is 0. The van der Waals surface area contributed by atoms with Gasteiger partial charge in [0.05, 0.1) is 14.9 Å².